The van der Waals surface area contributed by atoms with Gasteiger partial charge in [0.1, 0.15) is 5.76 Å². The maximum absolute atomic E-state index is 9.22. The first-order chi connectivity index (χ1) is 4.74. The van der Waals surface area contributed by atoms with Gasteiger partial charge >= 0.3 is 0 Å². The Bertz CT molecular complexity index is 189. The lowest BCUT2D eigenvalue weighted by atomic mass is 10.0. The van der Waals surface area contributed by atoms with Crippen LogP contribution in [-0.4, -0.2) is 12.2 Å². The Morgan fingerprint density at radius 3 is 2.70 bits per heavy atom. The summed E-state index contributed by atoms with van der Waals surface area (Å²) in [6, 6.07) is 0. The number of rotatable bonds is 1. The lowest BCUT2D eigenvalue weighted by molar-refractivity contribution is 0.243. The number of allylic oxidation sites excluding steroid dienone is 3. The molecule has 0 aromatic carbocycles. The molecule has 1 rings (SSSR count). The van der Waals surface area contributed by atoms with Crippen molar-refractivity contribution in [3.63, 3.8) is 0 Å². The molecule has 56 valence electrons. The standard InChI is InChI=1S/C8H12O2/c1-6-3-4-8(10-2)7(9)5-6/h5,9H,3-4H2,1-2H3. The molecule has 0 aromatic rings. The van der Waals surface area contributed by atoms with E-state index in [-0.39, 0.29) is 5.76 Å². The molecule has 1 aliphatic carbocycles. The first-order valence-corrected chi connectivity index (χ1v) is 3.37. The van der Waals surface area contributed by atoms with Crippen molar-refractivity contribution < 1.29 is 9.84 Å². The average molecular weight is 140 g/mol. The van der Waals surface area contributed by atoms with Gasteiger partial charge in [0.25, 0.3) is 0 Å². The van der Waals surface area contributed by atoms with E-state index in [1.165, 1.54) is 5.57 Å². The van der Waals surface area contributed by atoms with Gasteiger partial charge in [-0.15, -0.1) is 0 Å². The summed E-state index contributed by atoms with van der Waals surface area (Å²) in [6.45, 7) is 2.00. The van der Waals surface area contributed by atoms with Crippen LogP contribution in [0.15, 0.2) is 23.2 Å². The molecule has 0 aromatic heterocycles. The predicted octanol–water partition coefficient (Wildman–Crippen LogP) is 2.14. The Morgan fingerprint density at radius 1 is 1.50 bits per heavy atom. The SMILES string of the molecule is COC1=C(O)C=C(C)CC1. The zero-order valence-electron chi connectivity index (χ0n) is 6.35. The molecule has 0 spiro atoms. The molecule has 0 atom stereocenters. The van der Waals surface area contributed by atoms with Gasteiger partial charge in [-0.05, 0) is 19.4 Å². The zero-order chi connectivity index (χ0) is 7.56. The summed E-state index contributed by atoms with van der Waals surface area (Å²) in [5.74, 6) is 0.983. The van der Waals surface area contributed by atoms with Crippen molar-refractivity contribution in [1.82, 2.24) is 0 Å². The van der Waals surface area contributed by atoms with Crippen LogP contribution in [0.3, 0.4) is 0 Å². The molecule has 1 aliphatic rings. The number of aliphatic hydroxyl groups excluding tert-OH is 1. The van der Waals surface area contributed by atoms with Crippen LogP contribution in [0.25, 0.3) is 0 Å². The number of aliphatic hydroxyl groups is 1. The molecule has 0 aliphatic heterocycles. The van der Waals surface area contributed by atoms with E-state index < -0.39 is 0 Å². The molecule has 2 nitrogen and oxygen atoms in total. The topological polar surface area (TPSA) is 29.5 Å². The summed E-state index contributed by atoms with van der Waals surface area (Å²) >= 11 is 0. The van der Waals surface area contributed by atoms with Gasteiger partial charge < -0.3 is 9.84 Å². The molecule has 0 saturated heterocycles. The summed E-state index contributed by atoms with van der Waals surface area (Å²) in [7, 11) is 1.58. The fourth-order valence-electron chi connectivity index (χ4n) is 1.03. The average Bonchev–Trinajstić information content (AvgIpc) is 1.88. The molecule has 0 heterocycles. The van der Waals surface area contributed by atoms with E-state index in [4.69, 9.17) is 4.74 Å². The van der Waals surface area contributed by atoms with Crippen molar-refractivity contribution in [3.8, 4) is 0 Å². The van der Waals surface area contributed by atoms with E-state index in [9.17, 15) is 5.11 Å². The van der Waals surface area contributed by atoms with Crippen LogP contribution in [0.4, 0.5) is 0 Å². The molecule has 0 fully saturated rings. The lowest BCUT2D eigenvalue weighted by Gasteiger charge is -2.12. The van der Waals surface area contributed by atoms with Gasteiger partial charge in [-0.1, -0.05) is 5.57 Å². The van der Waals surface area contributed by atoms with E-state index in [0.717, 1.165) is 12.8 Å². The maximum atomic E-state index is 9.22. The maximum Gasteiger partial charge on any atom is 0.153 e. The van der Waals surface area contributed by atoms with Crippen LogP contribution in [-0.2, 0) is 4.74 Å². The van der Waals surface area contributed by atoms with Gasteiger partial charge in [-0.2, -0.15) is 0 Å². The van der Waals surface area contributed by atoms with Crippen molar-refractivity contribution in [3.05, 3.63) is 23.2 Å². The van der Waals surface area contributed by atoms with E-state index in [1.54, 1.807) is 13.2 Å². The summed E-state index contributed by atoms with van der Waals surface area (Å²) in [4.78, 5) is 0. The Kier molecular flexibility index (Phi) is 2.00. The monoisotopic (exact) mass is 140 g/mol. The molecule has 1 N–H and O–H groups in total. The van der Waals surface area contributed by atoms with E-state index in [2.05, 4.69) is 0 Å². The Labute approximate surface area is 60.8 Å². The molecular formula is C8H12O2. The van der Waals surface area contributed by atoms with Gasteiger partial charge in [0, 0.05) is 6.42 Å². The number of hydrogen-bond donors (Lipinski definition) is 1. The van der Waals surface area contributed by atoms with Crippen LogP contribution in [0.2, 0.25) is 0 Å². The highest BCUT2D eigenvalue weighted by Crippen LogP contribution is 2.21. The minimum atomic E-state index is 0.284. The minimum Gasteiger partial charge on any atom is -0.504 e. The Hall–Kier alpha value is -0.920. The summed E-state index contributed by atoms with van der Waals surface area (Å²) in [5, 5.41) is 9.22. The first-order valence-electron chi connectivity index (χ1n) is 3.37. The number of hydrogen-bond acceptors (Lipinski definition) is 2. The normalized spacial score (nSPS) is 18.8. The highest BCUT2D eigenvalue weighted by atomic mass is 16.5. The van der Waals surface area contributed by atoms with Crippen LogP contribution in [0.1, 0.15) is 19.8 Å². The first kappa shape index (κ1) is 7.19. The smallest absolute Gasteiger partial charge is 0.153 e. The number of methoxy groups -OCH3 is 1. The fraction of sp³-hybridized carbons (Fsp3) is 0.500. The van der Waals surface area contributed by atoms with Gasteiger partial charge in [0.05, 0.1) is 7.11 Å². The lowest BCUT2D eigenvalue weighted by Crippen LogP contribution is -1.98. The minimum absolute atomic E-state index is 0.284. The molecule has 0 saturated carbocycles. The zero-order valence-corrected chi connectivity index (χ0v) is 6.35. The third-order valence-corrected chi connectivity index (χ3v) is 1.66. The fourth-order valence-corrected chi connectivity index (χ4v) is 1.03. The van der Waals surface area contributed by atoms with Gasteiger partial charge in [0.2, 0.25) is 0 Å². The molecule has 0 unspecified atom stereocenters. The largest absolute Gasteiger partial charge is 0.504 e. The van der Waals surface area contributed by atoms with Crippen molar-refractivity contribution in [2.45, 2.75) is 19.8 Å². The number of ether oxygens (including phenoxy) is 1. The van der Waals surface area contributed by atoms with Gasteiger partial charge in [0.15, 0.2) is 5.76 Å². The highest BCUT2D eigenvalue weighted by molar-refractivity contribution is 5.24. The van der Waals surface area contributed by atoms with Gasteiger partial charge in [-0.25, -0.2) is 0 Å². The second kappa shape index (κ2) is 2.78. The Balaban J connectivity index is 2.80. The molecule has 0 bridgehead atoms. The summed E-state index contributed by atoms with van der Waals surface area (Å²) in [5.41, 5.74) is 1.21. The van der Waals surface area contributed by atoms with Crippen molar-refractivity contribution >= 4 is 0 Å². The summed E-state index contributed by atoms with van der Waals surface area (Å²) < 4.78 is 4.94. The van der Waals surface area contributed by atoms with E-state index >= 15 is 0 Å². The molecular weight excluding hydrogens is 128 g/mol. The third kappa shape index (κ3) is 1.32. The van der Waals surface area contributed by atoms with E-state index in [0.29, 0.717) is 5.76 Å². The highest BCUT2D eigenvalue weighted by Gasteiger charge is 2.09. The van der Waals surface area contributed by atoms with Crippen LogP contribution in [0, 0.1) is 0 Å². The van der Waals surface area contributed by atoms with Crippen molar-refractivity contribution in [2.75, 3.05) is 7.11 Å². The third-order valence-electron chi connectivity index (χ3n) is 1.66. The summed E-state index contributed by atoms with van der Waals surface area (Å²) in [6.07, 6.45) is 3.57. The molecule has 0 amide bonds. The predicted molar refractivity (Wildman–Crippen MR) is 39.7 cm³/mol. The van der Waals surface area contributed by atoms with E-state index in [1.807, 2.05) is 6.92 Å². The quantitative estimate of drug-likeness (QED) is 0.604. The second-order valence-electron chi connectivity index (χ2n) is 2.50. The van der Waals surface area contributed by atoms with Gasteiger partial charge in [-0.3, -0.25) is 0 Å². The molecule has 0 radical (unpaired) electrons. The molecule has 2 heteroatoms. The van der Waals surface area contributed by atoms with Crippen molar-refractivity contribution in [1.29, 1.82) is 0 Å². The van der Waals surface area contributed by atoms with Crippen LogP contribution in [0.5, 0.6) is 0 Å². The van der Waals surface area contributed by atoms with Crippen LogP contribution >= 0.6 is 0 Å². The second-order valence-corrected chi connectivity index (χ2v) is 2.50. The Morgan fingerprint density at radius 2 is 2.20 bits per heavy atom. The van der Waals surface area contributed by atoms with Crippen LogP contribution < -0.4 is 0 Å². The van der Waals surface area contributed by atoms with Crippen molar-refractivity contribution in [2.24, 2.45) is 0 Å². The molecule has 10 heavy (non-hydrogen) atoms.